The summed E-state index contributed by atoms with van der Waals surface area (Å²) in [5.41, 5.74) is 0.810. The number of halogens is 2. The zero-order valence-electron chi connectivity index (χ0n) is 14.7. The van der Waals surface area contributed by atoms with Gasteiger partial charge in [0.15, 0.2) is 5.78 Å². The van der Waals surface area contributed by atoms with Crippen molar-refractivity contribution in [3.05, 3.63) is 69.9 Å². The molecule has 26 heavy (non-hydrogen) atoms. The third-order valence-electron chi connectivity index (χ3n) is 5.27. The fourth-order valence-corrected chi connectivity index (χ4v) is 3.86. The Hall–Kier alpha value is -1.56. The van der Waals surface area contributed by atoms with Crippen molar-refractivity contribution in [2.24, 2.45) is 0 Å². The fourth-order valence-electron chi connectivity index (χ4n) is 3.59. The first-order chi connectivity index (χ1) is 12.5. The minimum Gasteiger partial charge on any atom is -0.385 e. The summed E-state index contributed by atoms with van der Waals surface area (Å²) in [5, 5.41) is 10.9. The molecule has 3 rings (SSSR count). The molecule has 5 heteroatoms. The van der Waals surface area contributed by atoms with Gasteiger partial charge in [-0.05, 0) is 42.0 Å². The number of rotatable bonds is 6. The van der Waals surface area contributed by atoms with Crippen LogP contribution in [-0.4, -0.2) is 30.5 Å². The summed E-state index contributed by atoms with van der Waals surface area (Å²) in [5.74, 6) is -0.259. The lowest BCUT2D eigenvalue weighted by Gasteiger charge is -2.36. The number of carbonyl (C=O) groups is 1. The molecule has 0 unspecified atom stereocenters. The van der Waals surface area contributed by atoms with Gasteiger partial charge in [0.05, 0.1) is 19.6 Å². The molecule has 1 saturated heterocycles. The first-order valence-electron chi connectivity index (χ1n) is 9.07. The number of hydrogen-bond acceptors (Lipinski definition) is 2. The minimum atomic E-state index is -0.742. The maximum atomic E-state index is 12.9. The Morgan fingerprint density at radius 1 is 1.08 bits per heavy atom. The highest BCUT2D eigenvalue weighted by molar-refractivity contribution is 9.10. The summed E-state index contributed by atoms with van der Waals surface area (Å²) in [6, 6.07) is 13.6. The van der Waals surface area contributed by atoms with Gasteiger partial charge in [0, 0.05) is 35.7 Å². The van der Waals surface area contributed by atoms with Gasteiger partial charge in [-0.1, -0.05) is 28.1 Å². The number of Topliss-reactive ketones (excluding diaryl/α,β-unsaturated/α-hetero) is 1. The maximum absolute atomic E-state index is 12.9. The number of benzene rings is 2. The van der Waals surface area contributed by atoms with Crippen LogP contribution < -0.4 is 4.90 Å². The monoisotopic (exact) mass is 420 g/mol. The van der Waals surface area contributed by atoms with Crippen LogP contribution in [0.4, 0.5) is 4.39 Å². The number of hydrogen-bond donors (Lipinski definition) is 2. The minimum absolute atomic E-state index is 0.0628. The number of piperidine rings is 1. The van der Waals surface area contributed by atoms with E-state index in [4.69, 9.17) is 0 Å². The molecule has 0 amide bonds. The van der Waals surface area contributed by atoms with Crippen LogP contribution in [0.2, 0.25) is 0 Å². The number of carbonyl (C=O) groups excluding carboxylic acids is 1. The van der Waals surface area contributed by atoms with Crippen LogP contribution >= 0.6 is 15.9 Å². The molecule has 0 aliphatic carbocycles. The standard InChI is InChI=1S/C21H23BrFNO2/c22-18-7-5-17(6-8-18)21(26)11-14-24(15-12-21)13-1-2-20(25)16-3-9-19(23)10-4-16/h3-10,26H,1-2,11-15H2/p+1. The van der Waals surface area contributed by atoms with Crippen LogP contribution in [0.5, 0.6) is 0 Å². The van der Waals surface area contributed by atoms with Crippen molar-refractivity contribution in [1.29, 1.82) is 0 Å². The smallest absolute Gasteiger partial charge is 0.163 e. The van der Waals surface area contributed by atoms with Crippen LogP contribution in [0.3, 0.4) is 0 Å². The molecule has 1 heterocycles. The molecule has 1 fully saturated rings. The molecule has 2 aromatic rings. The van der Waals surface area contributed by atoms with Crippen molar-refractivity contribution < 1.29 is 19.2 Å². The molecular formula is C21H24BrFNO2+. The van der Waals surface area contributed by atoms with Crippen LogP contribution in [0.15, 0.2) is 53.0 Å². The topological polar surface area (TPSA) is 41.7 Å². The van der Waals surface area contributed by atoms with Gasteiger partial charge in [-0.25, -0.2) is 4.39 Å². The zero-order valence-corrected chi connectivity index (χ0v) is 16.3. The number of quaternary nitrogens is 1. The van der Waals surface area contributed by atoms with Gasteiger partial charge >= 0.3 is 0 Å². The van der Waals surface area contributed by atoms with E-state index in [0.29, 0.717) is 12.0 Å². The van der Waals surface area contributed by atoms with Crippen LogP contribution in [0, 0.1) is 5.82 Å². The summed E-state index contributed by atoms with van der Waals surface area (Å²) in [6.45, 7) is 2.72. The molecule has 0 radical (unpaired) electrons. The largest absolute Gasteiger partial charge is 0.385 e. The third-order valence-corrected chi connectivity index (χ3v) is 5.79. The molecule has 2 N–H and O–H groups in total. The second kappa shape index (κ2) is 8.42. The maximum Gasteiger partial charge on any atom is 0.163 e. The normalized spacial score (nSPS) is 23.0. The van der Waals surface area contributed by atoms with Crippen molar-refractivity contribution in [3.63, 3.8) is 0 Å². The highest BCUT2D eigenvalue weighted by atomic mass is 79.9. The molecule has 1 aliphatic rings. The van der Waals surface area contributed by atoms with Crippen LogP contribution in [-0.2, 0) is 5.60 Å². The Morgan fingerprint density at radius 3 is 2.31 bits per heavy atom. The summed E-state index contributed by atoms with van der Waals surface area (Å²) in [4.78, 5) is 13.6. The summed E-state index contributed by atoms with van der Waals surface area (Å²) >= 11 is 3.43. The Morgan fingerprint density at radius 2 is 1.69 bits per heavy atom. The lowest BCUT2D eigenvalue weighted by atomic mass is 9.84. The van der Waals surface area contributed by atoms with Gasteiger partial charge in [-0.15, -0.1) is 0 Å². The lowest BCUT2D eigenvalue weighted by molar-refractivity contribution is -0.908. The first kappa shape index (κ1) is 19.2. The molecule has 2 aromatic carbocycles. The molecular weight excluding hydrogens is 397 g/mol. The molecule has 0 spiro atoms. The zero-order chi connectivity index (χ0) is 18.6. The predicted octanol–water partition coefficient (Wildman–Crippen LogP) is 3.12. The SMILES string of the molecule is O=C(CCC[NH+]1CCC(O)(c2ccc(Br)cc2)CC1)c1ccc(F)cc1. The molecule has 0 aromatic heterocycles. The van der Waals surface area contributed by atoms with E-state index in [9.17, 15) is 14.3 Å². The highest BCUT2D eigenvalue weighted by Crippen LogP contribution is 2.30. The van der Waals surface area contributed by atoms with E-state index in [2.05, 4.69) is 15.9 Å². The van der Waals surface area contributed by atoms with Crippen molar-refractivity contribution in [2.75, 3.05) is 19.6 Å². The van der Waals surface area contributed by atoms with E-state index >= 15 is 0 Å². The van der Waals surface area contributed by atoms with E-state index in [1.807, 2.05) is 24.3 Å². The molecule has 0 saturated carbocycles. The summed E-state index contributed by atoms with van der Waals surface area (Å²) < 4.78 is 13.9. The summed E-state index contributed by atoms with van der Waals surface area (Å²) in [7, 11) is 0. The van der Waals surface area contributed by atoms with Crippen molar-refractivity contribution in [1.82, 2.24) is 0 Å². The lowest BCUT2D eigenvalue weighted by Crippen LogP contribution is -3.13. The Bertz CT molecular complexity index is 738. The van der Waals surface area contributed by atoms with Crippen molar-refractivity contribution in [2.45, 2.75) is 31.3 Å². The quantitative estimate of drug-likeness (QED) is 0.704. The van der Waals surface area contributed by atoms with E-state index < -0.39 is 5.60 Å². The Labute approximate surface area is 162 Å². The molecule has 0 atom stereocenters. The molecule has 138 valence electrons. The Balaban J connectivity index is 1.44. The second-order valence-corrected chi connectivity index (χ2v) is 7.99. The Kier molecular flexibility index (Phi) is 6.22. The fraction of sp³-hybridized carbons (Fsp3) is 0.381. The number of ketones is 1. The van der Waals surface area contributed by atoms with Gasteiger partial charge in [-0.3, -0.25) is 4.79 Å². The molecule has 3 nitrogen and oxygen atoms in total. The van der Waals surface area contributed by atoms with Gasteiger partial charge in [0.25, 0.3) is 0 Å². The number of likely N-dealkylation sites (tertiary alicyclic amines) is 1. The first-order valence-corrected chi connectivity index (χ1v) is 9.86. The number of nitrogens with one attached hydrogen (secondary N) is 1. The highest BCUT2D eigenvalue weighted by Gasteiger charge is 2.35. The van der Waals surface area contributed by atoms with Crippen LogP contribution in [0.25, 0.3) is 0 Å². The van der Waals surface area contributed by atoms with E-state index in [1.165, 1.54) is 17.0 Å². The average Bonchev–Trinajstić information content (AvgIpc) is 2.64. The van der Waals surface area contributed by atoms with E-state index in [1.54, 1.807) is 12.1 Å². The van der Waals surface area contributed by atoms with E-state index in [-0.39, 0.29) is 11.6 Å². The van der Waals surface area contributed by atoms with Crippen molar-refractivity contribution >= 4 is 21.7 Å². The molecule has 1 aliphatic heterocycles. The van der Waals surface area contributed by atoms with E-state index in [0.717, 1.165) is 48.9 Å². The van der Waals surface area contributed by atoms with Gasteiger partial charge in [0.1, 0.15) is 11.4 Å². The van der Waals surface area contributed by atoms with Gasteiger partial charge in [-0.2, -0.15) is 0 Å². The average molecular weight is 421 g/mol. The predicted molar refractivity (Wildman–Crippen MR) is 103 cm³/mol. The molecule has 0 bridgehead atoms. The summed E-state index contributed by atoms with van der Waals surface area (Å²) in [6.07, 6.45) is 2.75. The van der Waals surface area contributed by atoms with Crippen molar-refractivity contribution in [3.8, 4) is 0 Å². The second-order valence-electron chi connectivity index (χ2n) is 7.07. The van der Waals surface area contributed by atoms with Gasteiger partial charge in [0.2, 0.25) is 0 Å². The third kappa shape index (κ3) is 4.78. The van der Waals surface area contributed by atoms with Crippen LogP contribution in [0.1, 0.15) is 41.6 Å². The van der Waals surface area contributed by atoms with Gasteiger partial charge < -0.3 is 10.0 Å². The number of aliphatic hydroxyl groups is 1.